The van der Waals surface area contributed by atoms with E-state index in [0.29, 0.717) is 17.1 Å². The molecule has 0 amide bonds. The highest BCUT2D eigenvalue weighted by Crippen LogP contribution is 2.53. The van der Waals surface area contributed by atoms with Gasteiger partial charge < -0.3 is 0 Å². The summed E-state index contributed by atoms with van der Waals surface area (Å²) in [4.78, 5) is 12.2. The number of Topliss-reactive ketones (excluding diaryl/α,β-unsaturated/α-hetero) is 1. The number of rotatable bonds is 3. The first kappa shape index (κ1) is 11.2. The van der Waals surface area contributed by atoms with Crippen molar-refractivity contribution in [2.45, 2.75) is 71.1 Å². The van der Waals surface area contributed by atoms with Gasteiger partial charge in [0.15, 0.2) is 0 Å². The van der Waals surface area contributed by atoms with E-state index in [9.17, 15) is 4.79 Å². The molecule has 0 radical (unpaired) electrons. The third-order valence-corrected chi connectivity index (χ3v) is 4.64. The van der Waals surface area contributed by atoms with Gasteiger partial charge in [0.25, 0.3) is 0 Å². The summed E-state index contributed by atoms with van der Waals surface area (Å²) >= 11 is 0. The molecular weight excluding hydrogens is 184 g/mol. The summed E-state index contributed by atoms with van der Waals surface area (Å²) in [5.74, 6) is 1.02. The molecule has 0 bridgehead atoms. The largest absolute Gasteiger partial charge is 0.299 e. The van der Waals surface area contributed by atoms with Crippen LogP contribution in [-0.4, -0.2) is 5.78 Å². The summed E-state index contributed by atoms with van der Waals surface area (Å²) in [6, 6.07) is 0. The van der Waals surface area contributed by atoms with Gasteiger partial charge in [0, 0.05) is 12.3 Å². The van der Waals surface area contributed by atoms with E-state index in [0.717, 1.165) is 12.8 Å². The van der Waals surface area contributed by atoms with Crippen LogP contribution in [0.25, 0.3) is 0 Å². The number of hydrogen-bond acceptors (Lipinski definition) is 1. The van der Waals surface area contributed by atoms with E-state index in [1.165, 1.54) is 51.4 Å². The van der Waals surface area contributed by atoms with E-state index in [1.54, 1.807) is 0 Å². The minimum Gasteiger partial charge on any atom is -0.299 e. The third-order valence-electron chi connectivity index (χ3n) is 4.64. The van der Waals surface area contributed by atoms with E-state index >= 15 is 0 Å². The van der Waals surface area contributed by atoms with Crippen LogP contribution in [0, 0.1) is 11.3 Å². The Balaban J connectivity index is 2.08. The van der Waals surface area contributed by atoms with Crippen molar-refractivity contribution in [2.24, 2.45) is 11.3 Å². The molecule has 2 aliphatic carbocycles. The van der Waals surface area contributed by atoms with Gasteiger partial charge in [-0.25, -0.2) is 0 Å². The maximum Gasteiger partial charge on any atom is 0.136 e. The van der Waals surface area contributed by atoms with Crippen LogP contribution in [0.15, 0.2) is 0 Å². The molecule has 1 spiro atoms. The summed E-state index contributed by atoms with van der Waals surface area (Å²) in [5.41, 5.74) is 0.463. The highest BCUT2D eigenvalue weighted by Gasteiger charge is 2.45. The first-order valence-corrected chi connectivity index (χ1v) is 6.81. The lowest BCUT2D eigenvalue weighted by Gasteiger charge is -2.40. The SMILES string of the molecule is CCCC(=O)C1CCCCC12CCCC2. The van der Waals surface area contributed by atoms with Gasteiger partial charge in [-0.05, 0) is 37.5 Å². The minimum absolute atomic E-state index is 0.439. The van der Waals surface area contributed by atoms with Crippen LogP contribution in [0.5, 0.6) is 0 Å². The highest BCUT2D eigenvalue weighted by molar-refractivity contribution is 5.81. The average Bonchev–Trinajstić information content (AvgIpc) is 2.68. The van der Waals surface area contributed by atoms with Crippen LogP contribution in [0.2, 0.25) is 0 Å². The molecule has 0 heterocycles. The molecule has 2 rings (SSSR count). The van der Waals surface area contributed by atoms with E-state index < -0.39 is 0 Å². The van der Waals surface area contributed by atoms with Crippen LogP contribution in [0.1, 0.15) is 71.1 Å². The molecule has 1 unspecified atom stereocenters. The topological polar surface area (TPSA) is 17.1 Å². The summed E-state index contributed by atoms with van der Waals surface area (Å²) in [6.45, 7) is 2.13. The molecule has 0 aliphatic heterocycles. The van der Waals surface area contributed by atoms with Crippen LogP contribution >= 0.6 is 0 Å². The molecule has 0 aromatic heterocycles. The maximum absolute atomic E-state index is 12.2. The number of ketones is 1. The van der Waals surface area contributed by atoms with Gasteiger partial charge in [0.2, 0.25) is 0 Å². The standard InChI is InChI=1S/C14H24O/c1-2-7-13(15)12-8-3-4-9-14(12)10-5-6-11-14/h12H,2-11H2,1H3. The van der Waals surface area contributed by atoms with Gasteiger partial charge in [-0.1, -0.05) is 32.6 Å². The molecule has 1 nitrogen and oxygen atoms in total. The molecule has 86 valence electrons. The number of carbonyl (C=O) groups excluding carboxylic acids is 1. The lowest BCUT2D eigenvalue weighted by atomic mass is 9.63. The van der Waals surface area contributed by atoms with Crippen molar-refractivity contribution in [3.63, 3.8) is 0 Å². The van der Waals surface area contributed by atoms with E-state index in [1.807, 2.05) is 0 Å². The van der Waals surface area contributed by atoms with Crippen molar-refractivity contribution < 1.29 is 4.79 Å². The Morgan fingerprint density at radius 1 is 1.13 bits per heavy atom. The molecule has 2 saturated carbocycles. The Hall–Kier alpha value is -0.330. The molecule has 0 saturated heterocycles. The molecule has 2 fully saturated rings. The zero-order valence-electron chi connectivity index (χ0n) is 10.1. The van der Waals surface area contributed by atoms with Crippen molar-refractivity contribution in [3.05, 3.63) is 0 Å². The van der Waals surface area contributed by atoms with Gasteiger partial charge in [-0.15, -0.1) is 0 Å². The van der Waals surface area contributed by atoms with Crippen LogP contribution in [-0.2, 0) is 4.79 Å². The molecular formula is C14H24O. The third kappa shape index (κ3) is 2.11. The van der Waals surface area contributed by atoms with Crippen molar-refractivity contribution in [1.29, 1.82) is 0 Å². The Bertz CT molecular complexity index is 225. The first-order valence-electron chi connectivity index (χ1n) is 6.81. The zero-order valence-corrected chi connectivity index (χ0v) is 10.1. The van der Waals surface area contributed by atoms with Crippen molar-refractivity contribution in [3.8, 4) is 0 Å². The normalized spacial score (nSPS) is 29.5. The first-order chi connectivity index (χ1) is 7.28. The van der Waals surface area contributed by atoms with Gasteiger partial charge in [0.05, 0.1) is 0 Å². The highest BCUT2D eigenvalue weighted by atomic mass is 16.1. The summed E-state index contributed by atoms with van der Waals surface area (Å²) in [6.07, 6.45) is 12.5. The lowest BCUT2D eigenvalue weighted by Crippen LogP contribution is -2.36. The molecule has 2 aliphatic rings. The van der Waals surface area contributed by atoms with Crippen molar-refractivity contribution in [1.82, 2.24) is 0 Å². The van der Waals surface area contributed by atoms with Gasteiger partial charge in [-0.2, -0.15) is 0 Å². The fourth-order valence-corrected chi connectivity index (χ4v) is 3.91. The number of carbonyl (C=O) groups is 1. The van der Waals surface area contributed by atoms with Gasteiger partial charge >= 0.3 is 0 Å². The minimum atomic E-state index is 0.439. The van der Waals surface area contributed by atoms with E-state index in [2.05, 4.69) is 6.92 Å². The number of hydrogen-bond donors (Lipinski definition) is 0. The van der Waals surface area contributed by atoms with Gasteiger partial charge in [0.1, 0.15) is 5.78 Å². The fourth-order valence-electron chi connectivity index (χ4n) is 3.91. The van der Waals surface area contributed by atoms with Crippen LogP contribution in [0.4, 0.5) is 0 Å². The molecule has 1 atom stereocenters. The van der Waals surface area contributed by atoms with E-state index in [4.69, 9.17) is 0 Å². The Kier molecular flexibility index (Phi) is 3.48. The predicted octanol–water partition coefficient (Wildman–Crippen LogP) is 4.11. The van der Waals surface area contributed by atoms with Crippen molar-refractivity contribution >= 4 is 5.78 Å². The van der Waals surface area contributed by atoms with Crippen LogP contribution in [0.3, 0.4) is 0 Å². The summed E-state index contributed by atoms with van der Waals surface area (Å²) in [5, 5.41) is 0. The Morgan fingerprint density at radius 2 is 1.73 bits per heavy atom. The molecule has 1 heteroatoms. The summed E-state index contributed by atoms with van der Waals surface area (Å²) < 4.78 is 0. The molecule has 15 heavy (non-hydrogen) atoms. The van der Waals surface area contributed by atoms with E-state index in [-0.39, 0.29) is 0 Å². The second kappa shape index (κ2) is 4.67. The monoisotopic (exact) mass is 208 g/mol. The fraction of sp³-hybridized carbons (Fsp3) is 0.929. The Labute approximate surface area is 93.6 Å². The lowest BCUT2D eigenvalue weighted by molar-refractivity contribution is -0.129. The molecule has 0 N–H and O–H groups in total. The van der Waals surface area contributed by atoms with Gasteiger partial charge in [-0.3, -0.25) is 4.79 Å². The quantitative estimate of drug-likeness (QED) is 0.682. The smallest absolute Gasteiger partial charge is 0.136 e. The van der Waals surface area contributed by atoms with Crippen molar-refractivity contribution in [2.75, 3.05) is 0 Å². The summed E-state index contributed by atoms with van der Waals surface area (Å²) in [7, 11) is 0. The average molecular weight is 208 g/mol. The zero-order chi connectivity index (χ0) is 10.7. The second-order valence-electron chi connectivity index (χ2n) is 5.58. The maximum atomic E-state index is 12.2. The second-order valence-corrected chi connectivity index (χ2v) is 5.58. The Morgan fingerprint density at radius 3 is 2.33 bits per heavy atom. The predicted molar refractivity (Wildman–Crippen MR) is 62.8 cm³/mol. The van der Waals surface area contributed by atoms with Crippen LogP contribution < -0.4 is 0 Å². The molecule has 0 aromatic carbocycles. The molecule has 0 aromatic rings.